The molecule has 0 spiro atoms. The number of halogens is 2. The second-order valence-electron chi connectivity index (χ2n) is 3.75. The van der Waals surface area contributed by atoms with E-state index < -0.39 is 0 Å². The van der Waals surface area contributed by atoms with Crippen molar-refractivity contribution >= 4 is 29.0 Å². The molecule has 17 heavy (non-hydrogen) atoms. The molecular formula is C13H12Cl2N2. The van der Waals surface area contributed by atoms with Crippen LogP contribution in [-0.2, 0) is 0 Å². The lowest BCUT2D eigenvalue weighted by Crippen LogP contribution is -2.08. The SMILES string of the molecule is C[C@@H](Nc1ccccn1)c1ccc(Cl)cc1Cl. The highest BCUT2D eigenvalue weighted by molar-refractivity contribution is 6.35. The van der Waals surface area contributed by atoms with Crippen molar-refractivity contribution < 1.29 is 0 Å². The summed E-state index contributed by atoms with van der Waals surface area (Å²) < 4.78 is 0. The Hall–Kier alpha value is -1.25. The van der Waals surface area contributed by atoms with Crippen molar-refractivity contribution in [2.24, 2.45) is 0 Å². The molecule has 0 saturated carbocycles. The van der Waals surface area contributed by atoms with Gasteiger partial charge < -0.3 is 5.32 Å². The molecule has 0 saturated heterocycles. The number of nitrogens with one attached hydrogen (secondary N) is 1. The number of rotatable bonds is 3. The normalized spacial score (nSPS) is 12.2. The van der Waals surface area contributed by atoms with Gasteiger partial charge in [-0.05, 0) is 36.8 Å². The number of hydrogen-bond donors (Lipinski definition) is 1. The first-order valence-corrected chi connectivity index (χ1v) is 6.05. The molecule has 1 aromatic carbocycles. The zero-order valence-electron chi connectivity index (χ0n) is 9.32. The third-order valence-corrected chi connectivity index (χ3v) is 3.02. The molecule has 1 N–H and O–H groups in total. The summed E-state index contributed by atoms with van der Waals surface area (Å²) in [7, 11) is 0. The molecule has 88 valence electrons. The molecule has 0 unspecified atom stereocenters. The van der Waals surface area contributed by atoms with Crippen LogP contribution in [0.5, 0.6) is 0 Å². The number of aromatic nitrogens is 1. The molecule has 2 aromatic rings. The molecule has 2 rings (SSSR count). The number of hydrogen-bond acceptors (Lipinski definition) is 2. The quantitative estimate of drug-likeness (QED) is 0.881. The summed E-state index contributed by atoms with van der Waals surface area (Å²) in [5, 5.41) is 4.58. The van der Waals surface area contributed by atoms with Crippen molar-refractivity contribution in [3.8, 4) is 0 Å². The minimum Gasteiger partial charge on any atom is -0.363 e. The van der Waals surface area contributed by atoms with Crippen molar-refractivity contribution in [1.29, 1.82) is 0 Å². The van der Waals surface area contributed by atoms with Crippen molar-refractivity contribution in [2.45, 2.75) is 13.0 Å². The van der Waals surface area contributed by atoms with E-state index in [9.17, 15) is 0 Å². The fraction of sp³-hybridized carbons (Fsp3) is 0.154. The summed E-state index contributed by atoms with van der Waals surface area (Å²) in [6.07, 6.45) is 1.75. The van der Waals surface area contributed by atoms with Gasteiger partial charge in [0, 0.05) is 16.2 Å². The topological polar surface area (TPSA) is 24.9 Å². The largest absolute Gasteiger partial charge is 0.363 e. The van der Waals surface area contributed by atoms with E-state index in [0.717, 1.165) is 11.4 Å². The van der Waals surface area contributed by atoms with Gasteiger partial charge in [0.1, 0.15) is 5.82 Å². The van der Waals surface area contributed by atoms with E-state index in [4.69, 9.17) is 23.2 Å². The lowest BCUT2D eigenvalue weighted by molar-refractivity contribution is 0.875. The number of anilines is 1. The van der Waals surface area contributed by atoms with Crippen LogP contribution in [0.15, 0.2) is 42.6 Å². The Bertz CT molecular complexity index is 500. The van der Waals surface area contributed by atoms with Crippen LogP contribution in [0.4, 0.5) is 5.82 Å². The van der Waals surface area contributed by atoms with E-state index >= 15 is 0 Å². The van der Waals surface area contributed by atoms with Gasteiger partial charge in [0.2, 0.25) is 0 Å². The fourth-order valence-electron chi connectivity index (χ4n) is 1.60. The average molecular weight is 267 g/mol. The van der Waals surface area contributed by atoms with E-state index in [1.807, 2.05) is 37.3 Å². The number of pyridine rings is 1. The van der Waals surface area contributed by atoms with Gasteiger partial charge in [-0.15, -0.1) is 0 Å². The Morgan fingerprint density at radius 3 is 2.65 bits per heavy atom. The van der Waals surface area contributed by atoms with E-state index in [0.29, 0.717) is 10.0 Å². The first kappa shape index (κ1) is 12.2. The first-order chi connectivity index (χ1) is 8.16. The summed E-state index contributed by atoms with van der Waals surface area (Å²) >= 11 is 12.0. The van der Waals surface area contributed by atoms with Crippen molar-refractivity contribution in [3.05, 3.63) is 58.2 Å². The lowest BCUT2D eigenvalue weighted by Gasteiger charge is -2.16. The van der Waals surface area contributed by atoms with E-state index in [1.165, 1.54) is 0 Å². The Labute approximate surface area is 111 Å². The van der Waals surface area contributed by atoms with Crippen molar-refractivity contribution in [1.82, 2.24) is 4.98 Å². The van der Waals surface area contributed by atoms with E-state index in [1.54, 1.807) is 12.3 Å². The second-order valence-corrected chi connectivity index (χ2v) is 4.59. The standard InChI is InChI=1S/C13H12Cl2N2/c1-9(17-13-4-2-3-7-16-13)11-6-5-10(14)8-12(11)15/h2-9H,1H3,(H,16,17)/t9-/m1/s1. The lowest BCUT2D eigenvalue weighted by atomic mass is 10.1. The molecule has 0 aliphatic heterocycles. The van der Waals surface area contributed by atoms with Gasteiger partial charge in [-0.2, -0.15) is 0 Å². The van der Waals surface area contributed by atoms with Crippen LogP contribution in [-0.4, -0.2) is 4.98 Å². The monoisotopic (exact) mass is 266 g/mol. The fourth-order valence-corrected chi connectivity index (χ4v) is 2.17. The van der Waals surface area contributed by atoms with Crippen LogP contribution < -0.4 is 5.32 Å². The third kappa shape index (κ3) is 3.11. The zero-order valence-corrected chi connectivity index (χ0v) is 10.8. The number of nitrogens with zero attached hydrogens (tertiary/aromatic N) is 1. The van der Waals surface area contributed by atoms with Crippen LogP contribution in [0.1, 0.15) is 18.5 Å². The Morgan fingerprint density at radius 2 is 2.00 bits per heavy atom. The summed E-state index contributed by atoms with van der Waals surface area (Å²) in [6, 6.07) is 11.3. The second kappa shape index (κ2) is 5.39. The predicted molar refractivity (Wildman–Crippen MR) is 72.7 cm³/mol. The van der Waals surface area contributed by atoms with Crippen molar-refractivity contribution in [3.63, 3.8) is 0 Å². The zero-order chi connectivity index (χ0) is 12.3. The van der Waals surface area contributed by atoms with Crippen LogP contribution in [0, 0.1) is 0 Å². The van der Waals surface area contributed by atoms with Gasteiger partial charge >= 0.3 is 0 Å². The van der Waals surface area contributed by atoms with Gasteiger partial charge in [-0.3, -0.25) is 0 Å². The van der Waals surface area contributed by atoms with Gasteiger partial charge in [0.25, 0.3) is 0 Å². The molecule has 4 heteroatoms. The maximum atomic E-state index is 6.15. The van der Waals surface area contributed by atoms with Crippen LogP contribution in [0.2, 0.25) is 10.0 Å². The highest BCUT2D eigenvalue weighted by Crippen LogP contribution is 2.27. The predicted octanol–water partition coefficient (Wildman–Crippen LogP) is 4.56. The summed E-state index contributed by atoms with van der Waals surface area (Å²) in [4.78, 5) is 4.21. The van der Waals surface area contributed by atoms with Gasteiger partial charge in [0.15, 0.2) is 0 Å². The maximum absolute atomic E-state index is 6.15. The molecule has 1 heterocycles. The van der Waals surface area contributed by atoms with E-state index in [2.05, 4.69) is 10.3 Å². The van der Waals surface area contributed by atoms with Crippen LogP contribution in [0.3, 0.4) is 0 Å². The van der Waals surface area contributed by atoms with Crippen LogP contribution >= 0.6 is 23.2 Å². The molecule has 2 nitrogen and oxygen atoms in total. The molecule has 1 atom stereocenters. The summed E-state index contributed by atoms with van der Waals surface area (Å²) in [6.45, 7) is 2.03. The third-order valence-electron chi connectivity index (χ3n) is 2.46. The highest BCUT2D eigenvalue weighted by Gasteiger charge is 2.10. The van der Waals surface area contributed by atoms with Crippen LogP contribution in [0.25, 0.3) is 0 Å². The van der Waals surface area contributed by atoms with Crippen molar-refractivity contribution in [2.75, 3.05) is 5.32 Å². The molecule has 0 aliphatic rings. The molecule has 0 bridgehead atoms. The molecule has 0 radical (unpaired) electrons. The highest BCUT2D eigenvalue weighted by atomic mass is 35.5. The number of benzene rings is 1. The molecule has 0 amide bonds. The molecular weight excluding hydrogens is 255 g/mol. The summed E-state index contributed by atoms with van der Waals surface area (Å²) in [5.74, 6) is 0.825. The minimum atomic E-state index is 0.0784. The summed E-state index contributed by atoms with van der Waals surface area (Å²) in [5.41, 5.74) is 1.00. The molecule has 0 fully saturated rings. The average Bonchev–Trinajstić information content (AvgIpc) is 2.30. The van der Waals surface area contributed by atoms with Gasteiger partial charge in [-0.25, -0.2) is 4.98 Å². The molecule has 0 aliphatic carbocycles. The smallest absolute Gasteiger partial charge is 0.126 e. The van der Waals surface area contributed by atoms with E-state index in [-0.39, 0.29) is 6.04 Å². The minimum absolute atomic E-state index is 0.0784. The maximum Gasteiger partial charge on any atom is 0.126 e. The first-order valence-electron chi connectivity index (χ1n) is 5.29. The Kier molecular flexibility index (Phi) is 3.87. The van der Waals surface area contributed by atoms with Gasteiger partial charge in [0.05, 0.1) is 6.04 Å². The van der Waals surface area contributed by atoms with Gasteiger partial charge in [-0.1, -0.05) is 35.3 Å². The Morgan fingerprint density at radius 1 is 1.18 bits per heavy atom. The Balaban J connectivity index is 2.17. The molecule has 1 aromatic heterocycles.